The lowest BCUT2D eigenvalue weighted by atomic mass is 10.0. The molecular formula is C16H22O4. The molecule has 0 fully saturated rings. The molecule has 4 nitrogen and oxygen atoms in total. The van der Waals surface area contributed by atoms with E-state index in [2.05, 4.69) is 18.2 Å². The molecule has 0 radical (unpaired) electrons. The average Bonchev–Trinajstić information content (AvgIpc) is 2.40. The molecule has 0 saturated carbocycles. The third kappa shape index (κ3) is 7.56. The second-order valence-corrected chi connectivity index (χ2v) is 5.02. The lowest BCUT2D eigenvalue weighted by molar-refractivity contribution is -0.138. The van der Waals surface area contributed by atoms with Gasteiger partial charge in [-0.05, 0) is 49.7 Å². The summed E-state index contributed by atoms with van der Waals surface area (Å²) in [4.78, 5) is 20.8. The van der Waals surface area contributed by atoms with E-state index < -0.39 is 11.9 Å². The summed E-state index contributed by atoms with van der Waals surface area (Å²) in [6, 6.07) is 8.27. The number of aryl methyl sites for hydroxylation is 2. The van der Waals surface area contributed by atoms with Crippen LogP contribution in [0.25, 0.3) is 0 Å². The monoisotopic (exact) mass is 278 g/mol. The molecule has 0 spiro atoms. The van der Waals surface area contributed by atoms with Crippen LogP contribution in [0.3, 0.4) is 0 Å². The second-order valence-electron chi connectivity index (χ2n) is 5.02. The van der Waals surface area contributed by atoms with Gasteiger partial charge in [0.15, 0.2) is 0 Å². The first-order chi connectivity index (χ1) is 9.58. The third-order valence-corrected chi connectivity index (χ3v) is 3.20. The van der Waals surface area contributed by atoms with Crippen molar-refractivity contribution in [3.63, 3.8) is 0 Å². The van der Waals surface area contributed by atoms with Crippen molar-refractivity contribution in [2.24, 2.45) is 0 Å². The number of benzene rings is 1. The molecular weight excluding hydrogens is 256 g/mol. The van der Waals surface area contributed by atoms with Crippen LogP contribution in [0.5, 0.6) is 0 Å². The number of hydrogen-bond acceptors (Lipinski definition) is 2. The molecule has 0 aliphatic rings. The molecule has 20 heavy (non-hydrogen) atoms. The predicted molar refractivity (Wildman–Crippen MR) is 76.8 cm³/mol. The first-order valence-electron chi connectivity index (χ1n) is 7.09. The molecule has 1 rings (SSSR count). The molecule has 0 aliphatic heterocycles. The average molecular weight is 278 g/mol. The van der Waals surface area contributed by atoms with E-state index in [0.29, 0.717) is 12.8 Å². The maximum absolute atomic E-state index is 10.4. The van der Waals surface area contributed by atoms with E-state index in [1.54, 1.807) is 0 Å². The number of carboxylic acids is 2. The van der Waals surface area contributed by atoms with E-state index in [4.69, 9.17) is 10.2 Å². The zero-order valence-corrected chi connectivity index (χ0v) is 11.7. The van der Waals surface area contributed by atoms with Crippen LogP contribution in [-0.4, -0.2) is 22.2 Å². The Balaban J connectivity index is 2.29. The van der Waals surface area contributed by atoms with Gasteiger partial charge in [-0.3, -0.25) is 9.59 Å². The molecule has 1 aromatic rings. The summed E-state index contributed by atoms with van der Waals surface area (Å²) in [7, 11) is 0. The molecule has 110 valence electrons. The fourth-order valence-electron chi connectivity index (χ4n) is 2.15. The highest BCUT2D eigenvalue weighted by Crippen LogP contribution is 2.12. The number of carbonyl (C=O) groups is 2. The lowest BCUT2D eigenvalue weighted by Gasteiger charge is -2.05. The van der Waals surface area contributed by atoms with Gasteiger partial charge in [0.05, 0.1) is 0 Å². The summed E-state index contributed by atoms with van der Waals surface area (Å²) in [5.74, 6) is -1.48. The molecule has 0 atom stereocenters. The largest absolute Gasteiger partial charge is 0.481 e. The molecule has 0 heterocycles. The van der Waals surface area contributed by atoms with Crippen LogP contribution in [0.15, 0.2) is 24.3 Å². The van der Waals surface area contributed by atoms with Crippen LogP contribution in [0.2, 0.25) is 0 Å². The molecule has 0 saturated heterocycles. The Morgan fingerprint density at radius 2 is 1.25 bits per heavy atom. The van der Waals surface area contributed by atoms with Crippen molar-refractivity contribution in [3.05, 3.63) is 35.4 Å². The normalized spacial score (nSPS) is 10.4. The van der Waals surface area contributed by atoms with Crippen molar-refractivity contribution >= 4 is 11.9 Å². The topological polar surface area (TPSA) is 74.6 Å². The van der Waals surface area contributed by atoms with Crippen molar-refractivity contribution < 1.29 is 19.8 Å². The fraction of sp³-hybridized carbons (Fsp3) is 0.500. The minimum absolute atomic E-state index is 0.231. The van der Waals surface area contributed by atoms with Gasteiger partial charge in [-0.2, -0.15) is 0 Å². The Morgan fingerprint density at radius 3 is 1.65 bits per heavy atom. The molecule has 4 heteroatoms. The number of unbranched alkanes of at least 4 members (excludes halogenated alkanes) is 2. The molecule has 2 N–H and O–H groups in total. The zero-order chi connectivity index (χ0) is 14.8. The SMILES string of the molecule is O=C(O)CCCCc1cccc(CCCCC(=O)O)c1. The van der Waals surface area contributed by atoms with Gasteiger partial charge in [-0.1, -0.05) is 24.3 Å². The molecule has 0 aliphatic carbocycles. The van der Waals surface area contributed by atoms with Crippen molar-refractivity contribution in [2.45, 2.75) is 51.4 Å². The first kappa shape index (κ1) is 16.2. The van der Waals surface area contributed by atoms with Crippen LogP contribution in [0, 0.1) is 0 Å². The number of carboxylic acid groups (broad SMARTS) is 2. The van der Waals surface area contributed by atoms with Gasteiger partial charge < -0.3 is 10.2 Å². The number of hydrogen-bond donors (Lipinski definition) is 2. The highest BCUT2D eigenvalue weighted by atomic mass is 16.4. The zero-order valence-electron chi connectivity index (χ0n) is 11.7. The van der Waals surface area contributed by atoms with Gasteiger partial charge >= 0.3 is 11.9 Å². The Kier molecular flexibility index (Phi) is 7.40. The van der Waals surface area contributed by atoms with E-state index in [-0.39, 0.29) is 12.8 Å². The van der Waals surface area contributed by atoms with Crippen molar-refractivity contribution in [2.75, 3.05) is 0 Å². The first-order valence-corrected chi connectivity index (χ1v) is 7.09. The van der Waals surface area contributed by atoms with Gasteiger partial charge in [-0.25, -0.2) is 0 Å². The predicted octanol–water partition coefficient (Wildman–Crippen LogP) is 3.28. The van der Waals surface area contributed by atoms with Gasteiger partial charge in [0.2, 0.25) is 0 Å². The Morgan fingerprint density at radius 1 is 0.800 bits per heavy atom. The smallest absolute Gasteiger partial charge is 0.303 e. The van der Waals surface area contributed by atoms with E-state index in [9.17, 15) is 9.59 Å². The summed E-state index contributed by atoms with van der Waals surface area (Å²) in [6.07, 6.45) is 5.44. The standard InChI is InChI=1S/C16H22O4/c17-15(18)10-3-1-6-13-8-5-9-14(12-13)7-2-4-11-16(19)20/h5,8-9,12H,1-4,6-7,10-11H2,(H,17,18)(H,19,20). The van der Waals surface area contributed by atoms with Crippen molar-refractivity contribution in [1.82, 2.24) is 0 Å². The van der Waals surface area contributed by atoms with Crippen LogP contribution in [-0.2, 0) is 22.4 Å². The lowest BCUT2D eigenvalue weighted by Crippen LogP contribution is -1.96. The van der Waals surface area contributed by atoms with Crippen LogP contribution in [0.4, 0.5) is 0 Å². The molecule has 1 aromatic carbocycles. The van der Waals surface area contributed by atoms with Gasteiger partial charge in [-0.15, -0.1) is 0 Å². The van der Waals surface area contributed by atoms with E-state index >= 15 is 0 Å². The second kappa shape index (κ2) is 9.13. The highest BCUT2D eigenvalue weighted by Gasteiger charge is 2.01. The maximum atomic E-state index is 10.4. The quantitative estimate of drug-likeness (QED) is 0.644. The minimum atomic E-state index is -0.739. The van der Waals surface area contributed by atoms with Crippen LogP contribution < -0.4 is 0 Å². The minimum Gasteiger partial charge on any atom is -0.481 e. The summed E-state index contributed by atoms with van der Waals surface area (Å²) < 4.78 is 0. The summed E-state index contributed by atoms with van der Waals surface area (Å²) >= 11 is 0. The molecule has 0 bridgehead atoms. The van der Waals surface area contributed by atoms with Gasteiger partial charge in [0.1, 0.15) is 0 Å². The van der Waals surface area contributed by atoms with Crippen molar-refractivity contribution in [3.8, 4) is 0 Å². The van der Waals surface area contributed by atoms with Crippen LogP contribution in [0.1, 0.15) is 49.7 Å². The summed E-state index contributed by atoms with van der Waals surface area (Å²) in [6.45, 7) is 0. The van der Waals surface area contributed by atoms with E-state index in [1.165, 1.54) is 11.1 Å². The number of rotatable bonds is 10. The van der Waals surface area contributed by atoms with E-state index in [0.717, 1.165) is 25.7 Å². The van der Waals surface area contributed by atoms with Crippen LogP contribution >= 0.6 is 0 Å². The van der Waals surface area contributed by atoms with E-state index in [1.807, 2.05) is 6.07 Å². The summed E-state index contributed by atoms with van der Waals surface area (Å²) in [5.41, 5.74) is 2.46. The maximum Gasteiger partial charge on any atom is 0.303 e. The Labute approximate surface area is 119 Å². The highest BCUT2D eigenvalue weighted by molar-refractivity contribution is 5.66. The molecule has 0 amide bonds. The third-order valence-electron chi connectivity index (χ3n) is 3.20. The molecule has 0 aromatic heterocycles. The van der Waals surface area contributed by atoms with Gasteiger partial charge in [0.25, 0.3) is 0 Å². The summed E-state index contributed by atoms with van der Waals surface area (Å²) in [5, 5.41) is 17.1. The van der Waals surface area contributed by atoms with Crippen molar-refractivity contribution in [1.29, 1.82) is 0 Å². The molecule has 0 unspecified atom stereocenters. The Hall–Kier alpha value is -1.84. The number of aliphatic carboxylic acids is 2. The fourth-order valence-corrected chi connectivity index (χ4v) is 2.15. The Bertz CT molecular complexity index is 403. The van der Waals surface area contributed by atoms with Gasteiger partial charge in [0, 0.05) is 12.8 Å².